The molecule has 42 valence electrons. The van der Waals surface area contributed by atoms with Gasteiger partial charge in [-0.15, -0.1) is 0 Å². The highest BCUT2D eigenvalue weighted by Gasteiger charge is 1.72. The van der Waals surface area contributed by atoms with Gasteiger partial charge in [0.05, 0.1) is 0 Å². The first-order chi connectivity index (χ1) is 3.39. The summed E-state index contributed by atoms with van der Waals surface area (Å²) in [6.45, 7) is 0. The Kier molecular flexibility index (Phi) is 2.66. The molecule has 0 atom stereocenters. The van der Waals surface area contributed by atoms with Crippen LogP contribution < -0.4 is 5.73 Å². The zero-order chi connectivity index (χ0) is 5.11. The number of nitrogens with two attached hydrogens (primary N) is 1. The van der Waals surface area contributed by atoms with Crippen LogP contribution in [0, 0.1) is 0 Å². The van der Waals surface area contributed by atoms with Crippen LogP contribution in [0.15, 0.2) is 30.3 Å². The molecule has 0 saturated heterocycles. The predicted octanol–water partition coefficient (Wildman–Crippen LogP) is 1.15. The highest BCUT2D eigenvalue weighted by atomic mass is 16.0. The van der Waals surface area contributed by atoms with E-state index in [1.165, 1.54) is 0 Å². The Bertz CT molecular complexity index is 138. The molecule has 0 aliphatic carbocycles. The summed E-state index contributed by atoms with van der Waals surface area (Å²) in [7, 11) is 0. The summed E-state index contributed by atoms with van der Waals surface area (Å²) >= 11 is 0. The second kappa shape index (κ2) is 3.04. The van der Waals surface area contributed by atoms with E-state index in [9.17, 15) is 0 Å². The minimum atomic E-state index is 0. The number of hydrogen-bond donors (Lipinski definition) is 1. The fourth-order valence-corrected chi connectivity index (χ4v) is 0.453. The van der Waals surface area contributed by atoms with Crippen molar-refractivity contribution in [2.75, 3.05) is 5.73 Å². The molecule has 0 saturated carbocycles. The van der Waals surface area contributed by atoms with Gasteiger partial charge in [-0.25, -0.2) is 0 Å². The molecular formula is C6H7NO. The van der Waals surface area contributed by atoms with Gasteiger partial charge in [0.25, 0.3) is 0 Å². The molecule has 2 radical (unpaired) electrons. The smallest absolute Gasteiger partial charge is 0.0313 e. The molecule has 2 nitrogen and oxygen atoms in total. The molecule has 2 N–H and O–H groups in total. The lowest BCUT2D eigenvalue weighted by atomic mass is 10.3. The van der Waals surface area contributed by atoms with E-state index < -0.39 is 0 Å². The molecule has 1 rings (SSSR count). The summed E-state index contributed by atoms with van der Waals surface area (Å²) in [5.74, 6) is 0. The van der Waals surface area contributed by atoms with Gasteiger partial charge in [-0.05, 0) is 12.1 Å². The van der Waals surface area contributed by atoms with E-state index in [4.69, 9.17) is 5.73 Å². The number of anilines is 1. The lowest BCUT2D eigenvalue weighted by molar-refractivity contribution is 0.686. The van der Waals surface area contributed by atoms with Crippen molar-refractivity contribution in [2.45, 2.75) is 0 Å². The Balaban J connectivity index is 0.000000490. The van der Waals surface area contributed by atoms with Gasteiger partial charge in [-0.1, -0.05) is 18.2 Å². The second-order valence-electron chi connectivity index (χ2n) is 1.41. The topological polar surface area (TPSA) is 54.5 Å². The Hall–Kier alpha value is -1.02. The average molecular weight is 109 g/mol. The normalized spacial score (nSPS) is 7.50. The first-order valence-corrected chi connectivity index (χ1v) is 2.20. The SMILES string of the molecule is Nc1ccccc1.[O]. The molecule has 2 heteroatoms. The minimum absolute atomic E-state index is 0. The van der Waals surface area contributed by atoms with Gasteiger partial charge in [-0.3, -0.25) is 0 Å². The fourth-order valence-electron chi connectivity index (χ4n) is 0.453. The van der Waals surface area contributed by atoms with Crippen molar-refractivity contribution in [3.8, 4) is 0 Å². The molecule has 0 heterocycles. The van der Waals surface area contributed by atoms with Gasteiger partial charge in [0.15, 0.2) is 0 Å². The minimum Gasteiger partial charge on any atom is -0.399 e. The maximum Gasteiger partial charge on any atom is 0.0313 e. The van der Waals surface area contributed by atoms with E-state index in [1.807, 2.05) is 30.3 Å². The molecule has 0 aliphatic rings. The van der Waals surface area contributed by atoms with E-state index >= 15 is 0 Å². The maximum absolute atomic E-state index is 5.36. The third-order valence-electron chi connectivity index (χ3n) is 0.800. The van der Waals surface area contributed by atoms with Gasteiger partial charge in [-0.2, -0.15) is 0 Å². The number of para-hydroxylation sites is 1. The summed E-state index contributed by atoms with van der Waals surface area (Å²) in [5, 5.41) is 0. The highest BCUT2D eigenvalue weighted by molar-refractivity contribution is 5.35. The van der Waals surface area contributed by atoms with Crippen LogP contribution in [0.2, 0.25) is 0 Å². The number of hydrogen-bond acceptors (Lipinski definition) is 1. The van der Waals surface area contributed by atoms with Crippen LogP contribution in [0.5, 0.6) is 0 Å². The first kappa shape index (κ1) is 6.98. The standard InChI is InChI=1S/C6H7N.O/c7-6-4-2-1-3-5-6;/h1-5H,7H2;. The van der Waals surface area contributed by atoms with Crippen molar-refractivity contribution in [1.82, 2.24) is 0 Å². The monoisotopic (exact) mass is 109 g/mol. The van der Waals surface area contributed by atoms with Gasteiger partial charge in [0, 0.05) is 11.2 Å². The van der Waals surface area contributed by atoms with Crippen LogP contribution in [0.3, 0.4) is 0 Å². The van der Waals surface area contributed by atoms with E-state index in [-0.39, 0.29) is 5.48 Å². The molecule has 0 bridgehead atoms. The van der Waals surface area contributed by atoms with Crippen LogP contribution in [-0.2, 0) is 5.48 Å². The molecule has 0 spiro atoms. The maximum atomic E-state index is 5.36. The van der Waals surface area contributed by atoms with Crippen LogP contribution in [0.1, 0.15) is 0 Å². The van der Waals surface area contributed by atoms with E-state index in [1.54, 1.807) is 0 Å². The Labute approximate surface area is 48.3 Å². The quantitative estimate of drug-likeness (QED) is 0.499. The molecule has 0 aliphatic heterocycles. The van der Waals surface area contributed by atoms with Gasteiger partial charge in [0.2, 0.25) is 0 Å². The van der Waals surface area contributed by atoms with Crippen molar-refractivity contribution in [2.24, 2.45) is 0 Å². The third kappa shape index (κ3) is 1.62. The zero-order valence-electron chi connectivity index (χ0n) is 4.37. The van der Waals surface area contributed by atoms with Crippen molar-refractivity contribution in [3.63, 3.8) is 0 Å². The lowest BCUT2D eigenvalue weighted by Gasteiger charge is -1.83. The van der Waals surface area contributed by atoms with Crippen LogP contribution in [-0.4, -0.2) is 0 Å². The highest BCUT2D eigenvalue weighted by Crippen LogP contribution is 1.95. The largest absolute Gasteiger partial charge is 0.399 e. The summed E-state index contributed by atoms with van der Waals surface area (Å²) in [5.41, 5.74) is 6.18. The van der Waals surface area contributed by atoms with Crippen LogP contribution in [0.25, 0.3) is 0 Å². The molecule has 8 heavy (non-hydrogen) atoms. The molecule has 0 unspecified atom stereocenters. The van der Waals surface area contributed by atoms with Crippen molar-refractivity contribution >= 4 is 5.69 Å². The Morgan fingerprint density at radius 2 is 1.50 bits per heavy atom. The number of benzene rings is 1. The van der Waals surface area contributed by atoms with Crippen LogP contribution in [0.4, 0.5) is 5.69 Å². The number of nitrogen functional groups attached to an aromatic ring is 1. The average Bonchev–Trinajstić information content (AvgIpc) is 1.69. The molecule has 0 aromatic heterocycles. The van der Waals surface area contributed by atoms with Gasteiger partial charge in [0.1, 0.15) is 0 Å². The molecular weight excluding hydrogens is 102 g/mol. The van der Waals surface area contributed by atoms with Gasteiger partial charge < -0.3 is 5.73 Å². The van der Waals surface area contributed by atoms with Crippen molar-refractivity contribution in [3.05, 3.63) is 30.3 Å². The Morgan fingerprint density at radius 1 is 1.00 bits per heavy atom. The molecule has 0 fully saturated rings. The molecule has 1 aromatic rings. The predicted molar refractivity (Wildman–Crippen MR) is 31.5 cm³/mol. The number of rotatable bonds is 0. The zero-order valence-corrected chi connectivity index (χ0v) is 4.37. The molecule has 1 aromatic carbocycles. The second-order valence-corrected chi connectivity index (χ2v) is 1.41. The lowest BCUT2D eigenvalue weighted by Crippen LogP contribution is -1.79. The van der Waals surface area contributed by atoms with Gasteiger partial charge >= 0.3 is 0 Å². The molecule has 0 amide bonds. The summed E-state index contributed by atoms with van der Waals surface area (Å²) < 4.78 is 0. The Morgan fingerprint density at radius 3 is 1.75 bits per heavy atom. The summed E-state index contributed by atoms with van der Waals surface area (Å²) in [4.78, 5) is 0. The van der Waals surface area contributed by atoms with Crippen molar-refractivity contribution < 1.29 is 5.48 Å². The fraction of sp³-hybridized carbons (Fsp3) is 0. The first-order valence-electron chi connectivity index (χ1n) is 2.20. The van der Waals surface area contributed by atoms with Crippen LogP contribution >= 0.6 is 0 Å². The third-order valence-corrected chi connectivity index (χ3v) is 0.800. The van der Waals surface area contributed by atoms with E-state index in [0.29, 0.717) is 0 Å². The van der Waals surface area contributed by atoms with E-state index in [2.05, 4.69) is 0 Å². The van der Waals surface area contributed by atoms with Crippen molar-refractivity contribution in [1.29, 1.82) is 0 Å². The summed E-state index contributed by atoms with van der Waals surface area (Å²) in [6.07, 6.45) is 0. The van der Waals surface area contributed by atoms with E-state index in [0.717, 1.165) is 5.69 Å². The summed E-state index contributed by atoms with van der Waals surface area (Å²) in [6, 6.07) is 9.49.